The van der Waals surface area contributed by atoms with Crippen LogP contribution in [0.5, 0.6) is 0 Å². The second-order valence-electron chi connectivity index (χ2n) is 11.7. The van der Waals surface area contributed by atoms with Crippen LogP contribution in [0.3, 0.4) is 0 Å². The van der Waals surface area contributed by atoms with E-state index in [4.69, 9.17) is 14.6 Å². The normalized spacial score (nSPS) is 21.6. The highest BCUT2D eigenvalue weighted by Crippen LogP contribution is 2.36. The molecule has 0 bridgehead atoms. The second kappa shape index (κ2) is 9.72. The lowest BCUT2D eigenvalue weighted by atomic mass is 9.94. The van der Waals surface area contributed by atoms with Gasteiger partial charge in [0.15, 0.2) is 5.84 Å². The van der Waals surface area contributed by atoms with Crippen molar-refractivity contribution < 1.29 is 19.1 Å². The standard InChI is InChI=1S/C28H38N6O4/c1-27(2,3)38-26(36)32-14-12-31(13-15-32)23-22-8-7-11-33(22)18-34(25(23)35)30-24(29-6)19-9-10-21-20(16-19)17-37-28(21,4)5/h9-10,16H,6-8,11-15,17-18H2,1-5H3/b30-24-. The number of carbonyl (C=O) groups is 2. The first-order valence-electron chi connectivity index (χ1n) is 13.3. The number of ether oxygens (including phenoxy) is 2. The molecule has 10 nitrogen and oxygen atoms in total. The first-order chi connectivity index (χ1) is 18.0. The van der Waals surface area contributed by atoms with Crippen LogP contribution in [0.15, 0.2) is 39.7 Å². The molecule has 0 aliphatic carbocycles. The van der Waals surface area contributed by atoms with Crippen molar-refractivity contribution in [2.45, 2.75) is 65.3 Å². The van der Waals surface area contributed by atoms with Crippen LogP contribution in [0.2, 0.25) is 0 Å². The Kier molecular flexibility index (Phi) is 6.71. The van der Waals surface area contributed by atoms with Gasteiger partial charge in [-0.2, -0.15) is 0 Å². The Bertz CT molecular complexity index is 1210. The molecule has 0 unspecified atom stereocenters. The molecule has 0 saturated carbocycles. The van der Waals surface area contributed by atoms with Crippen LogP contribution in [0.25, 0.3) is 0 Å². The predicted molar refractivity (Wildman–Crippen MR) is 144 cm³/mol. The monoisotopic (exact) mass is 522 g/mol. The third-order valence-electron chi connectivity index (χ3n) is 7.45. The Labute approximate surface area is 224 Å². The van der Waals surface area contributed by atoms with E-state index in [1.54, 1.807) is 4.90 Å². The van der Waals surface area contributed by atoms with Gasteiger partial charge in [-0.1, -0.05) is 12.1 Å². The molecule has 5 rings (SSSR count). The Balaban J connectivity index is 1.36. The van der Waals surface area contributed by atoms with E-state index in [0.29, 0.717) is 51.0 Å². The van der Waals surface area contributed by atoms with Gasteiger partial charge in [0.25, 0.3) is 5.91 Å². The Morgan fingerprint density at radius 1 is 1.11 bits per heavy atom. The number of rotatable bonds is 3. The molecule has 0 spiro atoms. The molecule has 2 fully saturated rings. The van der Waals surface area contributed by atoms with Gasteiger partial charge in [0.1, 0.15) is 18.0 Å². The highest BCUT2D eigenvalue weighted by atomic mass is 16.6. The highest BCUT2D eigenvalue weighted by molar-refractivity contribution is 6.03. The van der Waals surface area contributed by atoms with Crippen molar-refractivity contribution >= 4 is 24.6 Å². The van der Waals surface area contributed by atoms with Crippen molar-refractivity contribution in [3.05, 3.63) is 46.3 Å². The van der Waals surface area contributed by atoms with Crippen molar-refractivity contribution in [1.82, 2.24) is 19.7 Å². The first-order valence-corrected chi connectivity index (χ1v) is 13.3. The lowest BCUT2D eigenvalue weighted by molar-refractivity contribution is -0.132. The smallest absolute Gasteiger partial charge is 0.410 e. The van der Waals surface area contributed by atoms with Crippen molar-refractivity contribution in [1.29, 1.82) is 0 Å². The van der Waals surface area contributed by atoms with E-state index in [-0.39, 0.29) is 17.6 Å². The van der Waals surface area contributed by atoms with Crippen molar-refractivity contribution in [2.75, 3.05) is 39.4 Å². The van der Waals surface area contributed by atoms with Crippen LogP contribution >= 0.6 is 0 Å². The summed E-state index contributed by atoms with van der Waals surface area (Å²) in [5, 5.41) is 6.20. The van der Waals surface area contributed by atoms with Gasteiger partial charge in [0, 0.05) is 44.0 Å². The van der Waals surface area contributed by atoms with Gasteiger partial charge < -0.3 is 24.2 Å². The molecule has 0 aromatic heterocycles. The number of fused-ring (bicyclic) bond motifs is 2. The van der Waals surface area contributed by atoms with Crippen LogP contribution in [0.4, 0.5) is 4.79 Å². The number of nitrogens with zero attached hydrogens (tertiary/aromatic N) is 6. The van der Waals surface area contributed by atoms with Crippen LogP contribution < -0.4 is 0 Å². The van der Waals surface area contributed by atoms with Crippen molar-refractivity contribution in [2.24, 2.45) is 10.1 Å². The number of hydrogen-bond donors (Lipinski definition) is 0. The maximum absolute atomic E-state index is 13.8. The number of amides is 2. The maximum atomic E-state index is 13.8. The average molecular weight is 523 g/mol. The fourth-order valence-electron chi connectivity index (χ4n) is 5.53. The fraction of sp³-hybridized carbons (Fsp3) is 0.571. The number of amidine groups is 1. The Morgan fingerprint density at radius 2 is 1.84 bits per heavy atom. The molecular weight excluding hydrogens is 484 g/mol. The molecule has 0 radical (unpaired) electrons. The van der Waals surface area contributed by atoms with Crippen molar-refractivity contribution in [3.63, 3.8) is 0 Å². The molecule has 4 aliphatic heterocycles. The van der Waals surface area contributed by atoms with Crippen LogP contribution in [-0.4, -0.2) is 89.3 Å². The Morgan fingerprint density at radius 3 is 2.53 bits per heavy atom. The lowest BCUT2D eigenvalue weighted by Gasteiger charge is -2.42. The molecule has 10 heteroatoms. The summed E-state index contributed by atoms with van der Waals surface area (Å²) in [6.45, 7) is 17.3. The summed E-state index contributed by atoms with van der Waals surface area (Å²) in [7, 11) is 0. The molecule has 4 heterocycles. The van der Waals surface area contributed by atoms with E-state index < -0.39 is 5.60 Å². The third kappa shape index (κ3) is 5.01. The topological polar surface area (TPSA) is 90.3 Å². The van der Waals surface area contributed by atoms with Gasteiger partial charge in [-0.3, -0.25) is 4.79 Å². The van der Waals surface area contributed by atoms with E-state index in [2.05, 4.69) is 35.4 Å². The molecular formula is C28H38N6O4. The van der Waals surface area contributed by atoms with Gasteiger partial charge in [0.05, 0.1) is 12.2 Å². The number of benzene rings is 1. The van der Waals surface area contributed by atoms with Crippen LogP contribution in [0, 0.1) is 0 Å². The summed E-state index contributed by atoms with van der Waals surface area (Å²) in [5.41, 5.74) is 3.92. The molecule has 0 N–H and O–H groups in total. The summed E-state index contributed by atoms with van der Waals surface area (Å²) in [6.07, 6.45) is 1.54. The zero-order chi connectivity index (χ0) is 27.2. The molecule has 4 aliphatic rings. The second-order valence-corrected chi connectivity index (χ2v) is 11.7. The van der Waals surface area contributed by atoms with E-state index in [1.165, 1.54) is 5.01 Å². The summed E-state index contributed by atoms with van der Waals surface area (Å²) >= 11 is 0. The van der Waals surface area contributed by atoms with Gasteiger partial charge in [-0.25, -0.2) is 14.8 Å². The van der Waals surface area contributed by atoms with Gasteiger partial charge in [-0.05, 0) is 71.4 Å². The zero-order valence-corrected chi connectivity index (χ0v) is 23.1. The van der Waals surface area contributed by atoms with E-state index >= 15 is 0 Å². The predicted octanol–water partition coefficient (Wildman–Crippen LogP) is 3.47. The number of hydrazone groups is 1. The number of piperazine rings is 1. The number of allylic oxidation sites excluding steroid dienone is 1. The van der Waals surface area contributed by atoms with Gasteiger partial charge in [0.2, 0.25) is 0 Å². The number of carbonyl (C=O) groups excluding carboxylic acids is 2. The quantitative estimate of drug-likeness (QED) is 0.446. The number of aliphatic imine (C=N–C) groups is 1. The third-order valence-corrected chi connectivity index (χ3v) is 7.45. The largest absolute Gasteiger partial charge is 0.444 e. The lowest BCUT2D eigenvalue weighted by Crippen LogP contribution is -2.54. The average Bonchev–Trinajstić information content (AvgIpc) is 3.45. The molecule has 1 aromatic carbocycles. The minimum absolute atomic E-state index is 0.143. The van der Waals surface area contributed by atoms with Gasteiger partial charge in [-0.15, -0.1) is 5.10 Å². The van der Waals surface area contributed by atoms with Crippen LogP contribution in [0.1, 0.15) is 64.2 Å². The van der Waals surface area contributed by atoms with Crippen LogP contribution in [-0.2, 0) is 26.5 Å². The molecule has 1 aromatic rings. The molecule has 0 atom stereocenters. The maximum Gasteiger partial charge on any atom is 0.410 e. The highest BCUT2D eigenvalue weighted by Gasteiger charge is 2.39. The summed E-state index contributed by atoms with van der Waals surface area (Å²) in [4.78, 5) is 36.6. The fourth-order valence-corrected chi connectivity index (χ4v) is 5.53. The van der Waals surface area contributed by atoms with Crippen molar-refractivity contribution in [3.8, 4) is 0 Å². The molecule has 38 heavy (non-hydrogen) atoms. The van der Waals surface area contributed by atoms with E-state index in [9.17, 15) is 9.59 Å². The first kappa shape index (κ1) is 26.2. The summed E-state index contributed by atoms with van der Waals surface area (Å²) in [6, 6.07) is 6.04. The minimum Gasteiger partial charge on any atom is -0.444 e. The summed E-state index contributed by atoms with van der Waals surface area (Å²) < 4.78 is 11.5. The molecule has 204 valence electrons. The van der Waals surface area contributed by atoms with E-state index in [0.717, 1.165) is 41.8 Å². The van der Waals surface area contributed by atoms with Gasteiger partial charge >= 0.3 is 6.09 Å². The zero-order valence-electron chi connectivity index (χ0n) is 23.1. The molecule has 2 amide bonds. The molecule has 2 saturated heterocycles. The minimum atomic E-state index is -0.542. The van der Waals surface area contributed by atoms with E-state index in [1.807, 2.05) is 39.0 Å². The Hall–Kier alpha value is -3.40. The number of hydrogen-bond acceptors (Lipinski definition) is 7. The summed E-state index contributed by atoms with van der Waals surface area (Å²) in [5.74, 6) is 0.262. The SMILES string of the molecule is C=N/C(=N\N1CN2CCCC2=C(N2CCN(C(=O)OC(C)(C)C)CC2)C1=O)c1ccc2c(c1)COC2(C)C.